The van der Waals surface area contributed by atoms with Gasteiger partial charge in [0.15, 0.2) is 0 Å². The molecule has 1 atom stereocenters. The van der Waals surface area contributed by atoms with Crippen LogP contribution >= 0.6 is 0 Å². The summed E-state index contributed by atoms with van der Waals surface area (Å²) in [6.45, 7) is 3.27. The summed E-state index contributed by atoms with van der Waals surface area (Å²) in [6, 6.07) is 0.278. The van der Waals surface area contributed by atoms with Crippen molar-refractivity contribution >= 4 is 5.91 Å². The second kappa shape index (κ2) is 4.10. The maximum absolute atomic E-state index is 12.0. The second-order valence-electron chi connectivity index (χ2n) is 4.87. The van der Waals surface area contributed by atoms with E-state index in [-0.39, 0.29) is 11.9 Å². The lowest BCUT2D eigenvalue weighted by molar-refractivity contribution is -0.130. The van der Waals surface area contributed by atoms with E-state index >= 15 is 0 Å². The van der Waals surface area contributed by atoms with Crippen LogP contribution in [0.15, 0.2) is 0 Å². The molecule has 0 aromatic heterocycles. The summed E-state index contributed by atoms with van der Waals surface area (Å²) in [5.41, 5.74) is 5.39. The maximum Gasteiger partial charge on any atom is 0.240 e. The van der Waals surface area contributed by atoms with E-state index in [4.69, 9.17) is 10.5 Å². The lowest BCUT2D eigenvalue weighted by atomic mass is 9.90. The molecule has 0 aromatic carbocycles. The van der Waals surface area contributed by atoms with Crippen molar-refractivity contribution in [3.8, 4) is 0 Å². The third-order valence-corrected chi connectivity index (χ3v) is 3.53. The lowest BCUT2D eigenvalue weighted by Crippen LogP contribution is -2.58. The third-order valence-electron chi connectivity index (χ3n) is 3.53. The molecule has 3 N–H and O–H groups in total. The van der Waals surface area contributed by atoms with Crippen molar-refractivity contribution in [2.24, 2.45) is 11.7 Å². The number of ether oxygens (including phenoxy) is 1. The molecule has 0 aromatic rings. The van der Waals surface area contributed by atoms with Gasteiger partial charge in [0.25, 0.3) is 0 Å². The zero-order valence-electron chi connectivity index (χ0n) is 9.29. The minimum absolute atomic E-state index is 0.00481. The van der Waals surface area contributed by atoms with Crippen molar-refractivity contribution in [1.29, 1.82) is 0 Å². The van der Waals surface area contributed by atoms with Gasteiger partial charge in [0.1, 0.15) is 0 Å². The molecule has 4 nitrogen and oxygen atoms in total. The predicted octanol–water partition coefficient (Wildman–Crippen LogP) is 0.409. The zero-order chi connectivity index (χ0) is 10.9. The van der Waals surface area contributed by atoms with E-state index in [9.17, 15) is 4.79 Å². The Morgan fingerprint density at radius 2 is 2.07 bits per heavy atom. The third kappa shape index (κ3) is 2.49. The lowest BCUT2D eigenvalue weighted by Gasteiger charge is -2.33. The average molecular weight is 212 g/mol. The minimum atomic E-state index is -0.693. The Kier molecular flexibility index (Phi) is 2.98. The molecule has 2 aliphatic rings. The second-order valence-corrected chi connectivity index (χ2v) is 4.87. The molecule has 0 bridgehead atoms. The number of hydrogen-bond acceptors (Lipinski definition) is 3. The van der Waals surface area contributed by atoms with Gasteiger partial charge in [0, 0.05) is 19.3 Å². The predicted molar refractivity (Wildman–Crippen MR) is 57.3 cm³/mol. The Morgan fingerprint density at radius 3 is 2.60 bits per heavy atom. The molecular formula is C11H20N2O2. The minimum Gasteiger partial charge on any atom is -0.381 e. The molecule has 1 saturated heterocycles. The Hall–Kier alpha value is -0.610. The molecule has 0 spiro atoms. The van der Waals surface area contributed by atoms with Gasteiger partial charge in [-0.05, 0) is 38.5 Å². The number of nitrogens with one attached hydrogen (secondary N) is 1. The number of amides is 1. The van der Waals surface area contributed by atoms with Crippen molar-refractivity contribution < 1.29 is 9.53 Å². The first-order chi connectivity index (χ1) is 7.12. The van der Waals surface area contributed by atoms with Crippen LogP contribution in [-0.4, -0.2) is 30.7 Å². The van der Waals surface area contributed by atoms with Gasteiger partial charge in [-0.1, -0.05) is 0 Å². The van der Waals surface area contributed by atoms with Crippen LogP contribution in [0.2, 0.25) is 0 Å². The van der Waals surface area contributed by atoms with Crippen LogP contribution in [0.25, 0.3) is 0 Å². The van der Waals surface area contributed by atoms with Gasteiger partial charge >= 0.3 is 0 Å². The highest BCUT2D eigenvalue weighted by molar-refractivity contribution is 5.86. The highest BCUT2D eigenvalue weighted by Crippen LogP contribution is 2.32. The molecule has 1 heterocycles. The van der Waals surface area contributed by atoms with Gasteiger partial charge in [-0.15, -0.1) is 0 Å². The molecule has 0 radical (unpaired) electrons. The molecule has 2 fully saturated rings. The first-order valence-electron chi connectivity index (χ1n) is 5.79. The van der Waals surface area contributed by atoms with Crippen LogP contribution in [0.1, 0.15) is 32.6 Å². The summed E-state index contributed by atoms with van der Waals surface area (Å²) < 4.78 is 5.22. The first-order valence-corrected chi connectivity index (χ1v) is 5.79. The van der Waals surface area contributed by atoms with E-state index < -0.39 is 5.54 Å². The van der Waals surface area contributed by atoms with Crippen LogP contribution in [0.4, 0.5) is 0 Å². The summed E-state index contributed by atoms with van der Waals surface area (Å²) in [6.07, 6.45) is 3.75. The van der Waals surface area contributed by atoms with Crippen LogP contribution in [-0.2, 0) is 9.53 Å². The quantitative estimate of drug-likeness (QED) is 0.712. The topological polar surface area (TPSA) is 64.4 Å². The van der Waals surface area contributed by atoms with Gasteiger partial charge in [-0.3, -0.25) is 4.79 Å². The highest BCUT2D eigenvalue weighted by Gasteiger charge is 2.38. The van der Waals surface area contributed by atoms with Gasteiger partial charge in [-0.25, -0.2) is 0 Å². The van der Waals surface area contributed by atoms with E-state index in [0.29, 0.717) is 32.0 Å². The van der Waals surface area contributed by atoms with Crippen molar-refractivity contribution in [2.75, 3.05) is 13.2 Å². The van der Waals surface area contributed by atoms with E-state index in [1.807, 2.05) is 0 Å². The Labute approximate surface area is 90.5 Å². The Balaban J connectivity index is 1.87. The van der Waals surface area contributed by atoms with Crippen LogP contribution in [0.5, 0.6) is 0 Å². The Morgan fingerprint density at radius 1 is 1.47 bits per heavy atom. The van der Waals surface area contributed by atoms with Crippen LogP contribution in [0.3, 0.4) is 0 Å². The summed E-state index contributed by atoms with van der Waals surface area (Å²) >= 11 is 0. The number of rotatable bonds is 3. The van der Waals surface area contributed by atoms with E-state index in [1.54, 1.807) is 0 Å². The van der Waals surface area contributed by atoms with Crippen molar-refractivity contribution in [2.45, 2.75) is 44.2 Å². The first kappa shape index (κ1) is 10.9. The standard InChI is InChI=1S/C11H20N2O2/c1-8(9-2-3-9)13-10(14)11(12)4-6-15-7-5-11/h8-9H,2-7,12H2,1H3,(H,13,14). The normalized spacial score (nSPS) is 27.1. The molecule has 1 unspecified atom stereocenters. The van der Waals surface area contributed by atoms with Gasteiger partial charge in [0.2, 0.25) is 5.91 Å². The summed E-state index contributed by atoms with van der Waals surface area (Å²) in [7, 11) is 0. The molecule has 1 aliphatic heterocycles. The molecule has 86 valence electrons. The molecule has 1 amide bonds. The molecule has 1 saturated carbocycles. The molecule has 2 rings (SSSR count). The number of nitrogens with two attached hydrogens (primary N) is 1. The van der Waals surface area contributed by atoms with Crippen LogP contribution in [0, 0.1) is 5.92 Å². The monoisotopic (exact) mass is 212 g/mol. The highest BCUT2D eigenvalue weighted by atomic mass is 16.5. The van der Waals surface area contributed by atoms with Crippen molar-refractivity contribution in [1.82, 2.24) is 5.32 Å². The summed E-state index contributed by atoms with van der Waals surface area (Å²) in [4.78, 5) is 12.0. The fourth-order valence-electron chi connectivity index (χ4n) is 2.03. The fourth-order valence-corrected chi connectivity index (χ4v) is 2.03. The number of hydrogen-bond donors (Lipinski definition) is 2. The van der Waals surface area contributed by atoms with Gasteiger partial charge in [0.05, 0.1) is 5.54 Å². The molecule has 1 aliphatic carbocycles. The Bertz CT molecular complexity index is 245. The number of carbonyl (C=O) groups excluding carboxylic acids is 1. The zero-order valence-corrected chi connectivity index (χ0v) is 9.29. The summed E-state index contributed by atoms with van der Waals surface area (Å²) in [5.74, 6) is 0.683. The molecule has 4 heteroatoms. The van der Waals surface area contributed by atoms with Crippen molar-refractivity contribution in [3.05, 3.63) is 0 Å². The van der Waals surface area contributed by atoms with Crippen molar-refractivity contribution in [3.63, 3.8) is 0 Å². The molecule has 15 heavy (non-hydrogen) atoms. The fraction of sp³-hybridized carbons (Fsp3) is 0.909. The van der Waals surface area contributed by atoms with E-state index in [0.717, 1.165) is 0 Å². The maximum atomic E-state index is 12.0. The number of carbonyl (C=O) groups is 1. The largest absolute Gasteiger partial charge is 0.381 e. The summed E-state index contributed by atoms with van der Waals surface area (Å²) in [5, 5.41) is 3.03. The molecular weight excluding hydrogens is 192 g/mol. The van der Waals surface area contributed by atoms with E-state index in [2.05, 4.69) is 12.2 Å². The van der Waals surface area contributed by atoms with Crippen LogP contribution < -0.4 is 11.1 Å². The van der Waals surface area contributed by atoms with Gasteiger partial charge < -0.3 is 15.8 Å². The van der Waals surface area contributed by atoms with Gasteiger partial charge in [-0.2, -0.15) is 0 Å². The SMILES string of the molecule is CC(NC(=O)C1(N)CCOCC1)C1CC1. The average Bonchev–Trinajstić information content (AvgIpc) is 3.01. The van der Waals surface area contributed by atoms with E-state index in [1.165, 1.54) is 12.8 Å². The smallest absolute Gasteiger partial charge is 0.240 e.